The molecular weight excluding hydrogens is 336 g/mol. The van der Waals surface area contributed by atoms with Crippen molar-refractivity contribution in [2.45, 2.75) is 0 Å². The molecule has 4 aromatic rings. The maximum absolute atomic E-state index is 4.76. The molecule has 2 heterocycles. The highest BCUT2D eigenvalue weighted by molar-refractivity contribution is 5.77. The fourth-order valence-electron chi connectivity index (χ4n) is 3.06. The Kier molecular flexibility index (Phi) is 4.24. The van der Waals surface area contributed by atoms with Crippen LogP contribution in [0.2, 0.25) is 0 Å². The molecule has 0 bridgehead atoms. The second-order valence-electron chi connectivity index (χ2n) is 6.83. The summed E-state index contributed by atoms with van der Waals surface area (Å²) in [4.78, 5) is 17.8. The molecule has 0 aliphatic heterocycles. The first-order valence-corrected chi connectivity index (χ1v) is 8.79. The van der Waals surface area contributed by atoms with Crippen LogP contribution in [0.25, 0.3) is 28.4 Å². The molecule has 0 amide bonds. The number of imidazole rings is 1. The second-order valence-corrected chi connectivity index (χ2v) is 6.83. The third-order valence-corrected chi connectivity index (χ3v) is 4.56. The summed E-state index contributed by atoms with van der Waals surface area (Å²) in [5.74, 6) is 0.833. The summed E-state index contributed by atoms with van der Waals surface area (Å²) in [7, 11) is 8.13. The normalized spacial score (nSPS) is 11.0. The summed E-state index contributed by atoms with van der Waals surface area (Å²) in [6.07, 6.45) is 3.38. The van der Waals surface area contributed by atoms with E-state index in [2.05, 4.69) is 72.9 Å². The first kappa shape index (κ1) is 17.0. The molecule has 2 aromatic heterocycles. The number of nitrogens with zero attached hydrogens (tertiary/aromatic N) is 6. The van der Waals surface area contributed by atoms with Crippen LogP contribution >= 0.6 is 0 Å². The van der Waals surface area contributed by atoms with Crippen molar-refractivity contribution in [3.05, 3.63) is 60.9 Å². The van der Waals surface area contributed by atoms with E-state index in [9.17, 15) is 0 Å². The smallest absolute Gasteiger partial charge is 0.198 e. The molecule has 0 saturated heterocycles. The van der Waals surface area contributed by atoms with Crippen LogP contribution in [-0.4, -0.2) is 47.7 Å². The van der Waals surface area contributed by atoms with E-state index in [1.807, 2.05) is 28.2 Å². The first-order valence-electron chi connectivity index (χ1n) is 8.79. The molecule has 0 saturated carbocycles. The van der Waals surface area contributed by atoms with E-state index in [1.165, 1.54) is 0 Å². The Balaban J connectivity index is 1.89. The average Bonchev–Trinajstić information content (AvgIpc) is 3.07. The van der Waals surface area contributed by atoms with Crippen LogP contribution in [0, 0.1) is 0 Å². The van der Waals surface area contributed by atoms with Gasteiger partial charge in [0.25, 0.3) is 0 Å². The first-order chi connectivity index (χ1) is 13.0. The minimum absolute atomic E-state index is 0.640. The Morgan fingerprint density at radius 1 is 0.704 bits per heavy atom. The minimum atomic E-state index is 0.640. The van der Waals surface area contributed by atoms with Crippen LogP contribution < -0.4 is 9.80 Å². The molecule has 4 rings (SSSR count). The van der Waals surface area contributed by atoms with Gasteiger partial charge >= 0.3 is 0 Å². The van der Waals surface area contributed by atoms with Gasteiger partial charge in [-0.05, 0) is 48.5 Å². The van der Waals surface area contributed by atoms with Gasteiger partial charge in [-0.1, -0.05) is 0 Å². The van der Waals surface area contributed by atoms with E-state index in [1.54, 1.807) is 12.4 Å². The van der Waals surface area contributed by atoms with Gasteiger partial charge in [0.1, 0.15) is 5.82 Å². The summed E-state index contributed by atoms with van der Waals surface area (Å²) < 4.78 is 2.06. The number of aromatic nitrogens is 4. The summed E-state index contributed by atoms with van der Waals surface area (Å²) >= 11 is 0. The van der Waals surface area contributed by atoms with Gasteiger partial charge in [0.05, 0.1) is 0 Å². The van der Waals surface area contributed by atoms with Crippen molar-refractivity contribution in [3.8, 4) is 17.1 Å². The van der Waals surface area contributed by atoms with Gasteiger partial charge in [0.2, 0.25) is 0 Å². The van der Waals surface area contributed by atoms with Crippen LogP contribution in [0.1, 0.15) is 0 Å². The fourth-order valence-corrected chi connectivity index (χ4v) is 3.06. The predicted molar refractivity (Wildman–Crippen MR) is 111 cm³/mol. The molecule has 27 heavy (non-hydrogen) atoms. The molecule has 0 N–H and O–H groups in total. The maximum atomic E-state index is 4.76. The summed E-state index contributed by atoms with van der Waals surface area (Å²) in [6, 6.07) is 16.7. The van der Waals surface area contributed by atoms with E-state index in [0.29, 0.717) is 5.65 Å². The van der Waals surface area contributed by atoms with E-state index in [4.69, 9.17) is 4.98 Å². The molecule has 136 valence electrons. The molecule has 0 fully saturated rings. The third-order valence-electron chi connectivity index (χ3n) is 4.56. The zero-order valence-corrected chi connectivity index (χ0v) is 16.0. The lowest BCUT2D eigenvalue weighted by atomic mass is 10.2. The highest BCUT2D eigenvalue weighted by Gasteiger charge is 2.16. The van der Waals surface area contributed by atoms with E-state index >= 15 is 0 Å². The van der Waals surface area contributed by atoms with Crippen LogP contribution in [0.5, 0.6) is 0 Å². The van der Waals surface area contributed by atoms with Crippen molar-refractivity contribution in [2.75, 3.05) is 38.0 Å². The second kappa shape index (κ2) is 6.72. The number of benzene rings is 2. The van der Waals surface area contributed by atoms with Crippen LogP contribution in [0.4, 0.5) is 11.4 Å². The van der Waals surface area contributed by atoms with Crippen LogP contribution in [-0.2, 0) is 0 Å². The summed E-state index contributed by atoms with van der Waals surface area (Å²) in [6.45, 7) is 0. The van der Waals surface area contributed by atoms with Crippen molar-refractivity contribution in [3.63, 3.8) is 0 Å². The van der Waals surface area contributed by atoms with Crippen LogP contribution in [0.3, 0.4) is 0 Å². The highest BCUT2D eigenvalue weighted by Crippen LogP contribution is 2.28. The van der Waals surface area contributed by atoms with E-state index in [-0.39, 0.29) is 0 Å². The summed E-state index contributed by atoms with van der Waals surface area (Å²) in [5, 5.41) is 0. The van der Waals surface area contributed by atoms with Gasteiger partial charge in [-0.2, -0.15) is 0 Å². The molecule has 6 nitrogen and oxygen atoms in total. The van der Waals surface area contributed by atoms with Gasteiger partial charge in [0, 0.05) is 63.2 Å². The molecule has 2 aromatic carbocycles. The van der Waals surface area contributed by atoms with Gasteiger partial charge < -0.3 is 9.80 Å². The maximum Gasteiger partial charge on any atom is 0.198 e. The molecule has 0 spiro atoms. The van der Waals surface area contributed by atoms with Crippen LogP contribution in [0.15, 0.2) is 60.9 Å². The van der Waals surface area contributed by atoms with Gasteiger partial charge in [-0.3, -0.25) is 4.57 Å². The van der Waals surface area contributed by atoms with Crippen molar-refractivity contribution in [1.29, 1.82) is 0 Å². The molecule has 0 radical (unpaired) electrons. The lowest BCUT2D eigenvalue weighted by Crippen LogP contribution is -2.09. The monoisotopic (exact) mass is 358 g/mol. The standard InChI is InChI=1S/C21H22N6/c1-25(2)16-7-5-15(6-8-16)20-24-19-21(23-14-13-22-19)27(20)18-11-9-17(10-12-18)26(3)4/h5-14H,1-4H3. The molecule has 0 atom stereocenters. The quantitative estimate of drug-likeness (QED) is 0.558. The van der Waals surface area contributed by atoms with Crippen molar-refractivity contribution in [1.82, 2.24) is 19.5 Å². The van der Waals surface area contributed by atoms with Crippen molar-refractivity contribution in [2.24, 2.45) is 0 Å². The number of rotatable bonds is 4. The van der Waals surface area contributed by atoms with E-state index in [0.717, 1.165) is 34.1 Å². The Morgan fingerprint density at radius 3 is 1.85 bits per heavy atom. The topological polar surface area (TPSA) is 50.1 Å². The van der Waals surface area contributed by atoms with Gasteiger partial charge in [-0.15, -0.1) is 0 Å². The molecular formula is C21H22N6. The third kappa shape index (κ3) is 3.10. The molecule has 0 unspecified atom stereocenters. The fraction of sp³-hybridized carbons (Fsp3) is 0.190. The lowest BCUT2D eigenvalue weighted by molar-refractivity contribution is 1.07. The SMILES string of the molecule is CN(C)c1ccc(-c2nc3nccnc3n2-c2ccc(N(C)C)cc2)cc1. The number of hydrogen-bond acceptors (Lipinski definition) is 5. The molecule has 6 heteroatoms. The molecule has 0 aliphatic carbocycles. The predicted octanol–water partition coefficient (Wildman–Crippen LogP) is 3.61. The Morgan fingerprint density at radius 2 is 1.26 bits per heavy atom. The number of fused-ring (bicyclic) bond motifs is 1. The lowest BCUT2D eigenvalue weighted by Gasteiger charge is -2.15. The van der Waals surface area contributed by atoms with Gasteiger partial charge in [-0.25, -0.2) is 15.0 Å². The number of anilines is 2. The Bertz CT molecular complexity index is 1060. The Hall–Kier alpha value is -3.41. The largest absolute Gasteiger partial charge is 0.378 e. The number of hydrogen-bond donors (Lipinski definition) is 0. The zero-order valence-electron chi connectivity index (χ0n) is 16.0. The highest BCUT2D eigenvalue weighted by atomic mass is 15.2. The van der Waals surface area contributed by atoms with E-state index < -0.39 is 0 Å². The molecule has 0 aliphatic rings. The average molecular weight is 358 g/mol. The van der Waals surface area contributed by atoms with Crippen molar-refractivity contribution >= 4 is 22.7 Å². The minimum Gasteiger partial charge on any atom is -0.378 e. The zero-order chi connectivity index (χ0) is 19.0. The summed E-state index contributed by atoms with van der Waals surface area (Å²) in [5.41, 5.74) is 5.72. The Labute approximate surface area is 158 Å². The van der Waals surface area contributed by atoms with Gasteiger partial charge in [0.15, 0.2) is 11.3 Å². The van der Waals surface area contributed by atoms with Crippen molar-refractivity contribution < 1.29 is 0 Å².